The van der Waals surface area contributed by atoms with Crippen LogP contribution in [0.2, 0.25) is 0 Å². The Morgan fingerprint density at radius 3 is 2.78 bits per heavy atom. The Bertz CT molecular complexity index is 465. The van der Waals surface area contributed by atoms with Crippen LogP contribution in [0.5, 0.6) is 0 Å². The van der Waals surface area contributed by atoms with Crippen LogP contribution >= 0.6 is 23.1 Å². The summed E-state index contributed by atoms with van der Waals surface area (Å²) in [6, 6.07) is 13.1. The van der Waals surface area contributed by atoms with E-state index in [1.165, 1.54) is 15.3 Å². The van der Waals surface area contributed by atoms with Crippen molar-refractivity contribution < 1.29 is 0 Å². The average Bonchev–Trinajstić information content (AvgIpc) is 2.88. The molecule has 96 valence electrons. The first kappa shape index (κ1) is 13.7. The van der Waals surface area contributed by atoms with Gasteiger partial charge in [-0.15, -0.1) is 23.1 Å². The van der Waals surface area contributed by atoms with E-state index in [2.05, 4.69) is 48.7 Å². The van der Waals surface area contributed by atoms with Crippen LogP contribution in [0.1, 0.15) is 16.9 Å². The fourth-order valence-corrected chi connectivity index (χ4v) is 3.54. The molecule has 2 aromatic rings. The highest BCUT2D eigenvalue weighted by molar-refractivity contribution is 7.99. The van der Waals surface area contributed by atoms with Gasteiger partial charge in [-0.3, -0.25) is 0 Å². The molecule has 3 heteroatoms. The second-order valence-corrected chi connectivity index (χ2v) is 6.55. The second-order valence-electron chi connectivity index (χ2n) is 4.45. The Kier molecular flexibility index (Phi) is 5.29. The van der Waals surface area contributed by atoms with E-state index < -0.39 is 0 Å². The molecule has 1 unspecified atom stereocenters. The van der Waals surface area contributed by atoms with Crippen molar-refractivity contribution in [3.8, 4) is 0 Å². The third-order valence-corrected chi connectivity index (χ3v) is 5.19. The van der Waals surface area contributed by atoms with Gasteiger partial charge in [-0.05, 0) is 42.8 Å². The Balaban J connectivity index is 1.75. The summed E-state index contributed by atoms with van der Waals surface area (Å²) in [6.45, 7) is 2.15. The standard InChI is InChI=1S/C15H19NS2/c1-12-5-2-3-7-15(12)18-11-13(16)8-9-14-6-4-10-17-14/h2-7,10,13H,8-9,11,16H2,1H3. The van der Waals surface area contributed by atoms with Crippen molar-refractivity contribution in [1.82, 2.24) is 0 Å². The Hall–Kier alpha value is -0.770. The zero-order valence-corrected chi connectivity index (χ0v) is 12.3. The van der Waals surface area contributed by atoms with Gasteiger partial charge in [-0.25, -0.2) is 0 Å². The summed E-state index contributed by atoms with van der Waals surface area (Å²) in [6.07, 6.45) is 2.17. The first-order valence-electron chi connectivity index (χ1n) is 6.22. The molecule has 0 saturated heterocycles. The topological polar surface area (TPSA) is 26.0 Å². The SMILES string of the molecule is Cc1ccccc1SCC(N)CCc1cccs1. The maximum Gasteiger partial charge on any atom is 0.0137 e. The summed E-state index contributed by atoms with van der Waals surface area (Å²) in [5.41, 5.74) is 7.51. The largest absolute Gasteiger partial charge is 0.327 e. The molecule has 2 N–H and O–H groups in total. The molecular weight excluding hydrogens is 258 g/mol. The normalized spacial score (nSPS) is 12.6. The third kappa shape index (κ3) is 4.16. The number of nitrogens with two attached hydrogens (primary N) is 1. The highest BCUT2D eigenvalue weighted by Crippen LogP contribution is 2.23. The summed E-state index contributed by atoms with van der Waals surface area (Å²) in [5.74, 6) is 0.996. The van der Waals surface area contributed by atoms with Gasteiger partial charge < -0.3 is 5.73 Å². The van der Waals surface area contributed by atoms with Crippen molar-refractivity contribution >= 4 is 23.1 Å². The van der Waals surface area contributed by atoms with Crippen molar-refractivity contribution in [1.29, 1.82) is 0 Å². The number of aryl methyl sites for hydroxylation is 2. The molecular formula is C15H19NS2. The number of thioether (sulfide) groups is 1. The molecule has 1 nitrogen and oxygen atoms in total. The highest BCUT2D eigenvalue weighted by atomic mass is 32.2. The van der Waals surface area contributed by atoms with E-state index in [-0.39, 0.29) is 6.04 Å². The number of benzene rings is 1. The number of hydrogen-bond acceptors (Lipinski definition) is 3. The van der Waals surface area contributed by atoms with Crippen LogP contribution in [0.4, 0.5) is 0 Å². The maximum atomic E-state index is 6.17. The number of rotatable bonds is 6. The molecule has 0 saturated carbocycles. The summed E-state index contributed by atoms with van der Waals surface area (Å²) in [5, 5.41) is 2.13. The quantitative estimate of drug-likeness (QED) is 0.804. The molecule has 0 bridgehead atoms. The van der Waals surface area contributed by atoms with Gasteiger partial charge in [0.15, 0.2) is 0 Å². The van der Waals surface area contributed by atoms with Gasteiger partial charge >= 0.3 is 0 Å². The minimum Gasteiger partial charge on any atom is -0.327 e. The van der Waals surface area contributed by atoms with E-state index in [0.29, 0.717) is 0 Å². The van der Waals surface area contributed by atoms with E-state index in [4.69, 9.17) is 5.73 Å². The van der Waals surface area contributed by atoms with Gasteiger partial charge in [-0.2, -0.15) is 0 Å². The van der Waals surface area contributed by atoms with E-state index in [1.54, 1.807) is 0 Å². The predicted octanol–water partition coefficient (Wildman–Crippen LogP) is 4.11. The first-order valence-corrected chi connectivity index (χ1v) is 8.08. The van der Waals surface area contributed by atoms with Gasteiger partial charge in [0, 0.05) is 21.6 Å². The molecule has 0 aliphatic carbocycles. The van der Waals surface area contributed by atoms with E-state index in [9.17, 15) is 0 Å². The summed E-state index contributed by atoms with van der Waals surface area (Å²) in [7, 11) is 0. The van der Waals surface area contributed by atoms with E-state index in [0.717, 1.165) is 18.6 Å². The van der Waals surface area contributed by atoms with Crippen molar-refractivity contribution in [3.63, 3.8) is 0 Å². The second kappa shape index (κ2) is 6.98. The summed E-state index contributed by atoms with van der Waals surface area (Å²) < 4.78 is 0. The maximum absolute atomic E-state index is 6.17. The molecule has 1 heterocycles. The fourth-order valence-electron chi connectivity index (χ4n) is 1.78. The van der Waals surface area contributed by atoms with Gasteiger partial charge in [-0.1, -0.05) is 24.3 Å². The van der Waals surface area contributed by atoms with Crippen molar-refractivity contribution in [3.05, 3.63) is 52.2 Å². The zero-order chi connectivity index (χ0) is 12.8. The van der Waals surface area contributed by atoms with E-state index >= 15 is 0 Å². The molecule has 1 aromatic carbocycles. The lowest BCUT2D eigenvalue weighted by Gasteiger charge is -2.11. The van der Waals surface area contributed by atoms with Crippen LogP contribution in [-0.4, -0.2) is 11.8 Å². The van der Waals surface area contributed by atoms with Gasteiger partial charge in [0.05, 0.1) is 0 Å². The summed E-state index contributed by atoms with van der Waals surface area (Å²) in [4.78, 5) is 2.79. The number of hydrogen-bond donors (Lipinski definition) is 1. The molecule has 0 aliphatic rings. The van der Waals surface area contributed by atoms with Crippen molar-refractivity contribution in [2.75, 3.05) is 5.75 Å². The van der Waals surface area contributed by atoms with Gasteiger partial charge in [0.2, 0.25) is 0 Å². The lowest BCUT2D eigenvalue weighted by atomic mass is 10.2. The van der Waals surface area contributed by atoms with Gasteiger partial charge in [0.1, 0.15) is 0 Å². The molecule has 2 rings (SSSR count). The Labute approximate surface area is 117 Å². The molecule has 0 spiro atoms. The van der Waals surface area contributed by atoms with Gasteiger partial charge in [0.25, 0.3) is 0 Å². The van der Waals surface area contributed by atoms with E-state index in [1.807, 2.05) is 23.1 Å². The average molecular weight is 277 g/mol. The monoisotopic (exact) mass is 277 g/mol. The molecule has 18 heavy (non-hydrogen) atoms. The molecule has 0 aliphatic heterocycles. The summed E-state index contributed by atoms with van der Waals surface area (Å²) >= 11 is 3.69. The number of thiophene rings is 1. The zero-order valence-electron chi connectivity index (χ0n) is 10.6. The molecule has 0 amide bonds. The highest BCUT2D eigenvalue weighted by Gasteiger charge is 2.06. The third-order valence-electron chi connectivity index (χ3n) is 2.89. The van der Waals surface area contributed by atoms with Crippen molar-refractivity contribution in [2.45, 2.75) is 30.7 Å². The molecule has 1 atom stereocenters. The fraction of sp³-hybridized carbons (Fsp3) is 0.333. The molecule has 0 radical (unpaired) electrons. The lowest BCUT2D eigenvalue weighted by Crippen LogP contribution is -2.23. The molecule has 0 fully saturated rings. The van der Waals surface area contributed by atoms with Crippen LogP contribution < -0.4 is 5.73 Å². The van der Waals surface area contributed by atoms with Crippen LogP contribution in [0.15, 0.2) is 46.7 Å². The van der Waals surface area contributed by atoms with Crippen LogP contribution in [0.3, 0.4) is 0 Å². The predicted molar refractivity (Wildman–Crippen MR) is 82.5 cm³/mol. The molecule has 1 aromatic heterocycles. The smallest absolute Gasteiger partial charge is 0.0137 e. The van der Waals surface area contributed by atoms with Crippen LogP contribution in [0.25, 0.3) is 0 Å². The first-order chi connectivity index (χ1) is 8.75. The van der Waals surface area contributed by atoms with Crippen LogP contribution in [0, 0.1) is 6.92 Å². The minimum absolute atomic E-state index is 0.275. The minimum atomic E-state index is 0.275. The Morgan fingerprint density at radius 2 is 2.06 bits per heavy atom. The lowest BCUT2D eigenvalue weighted by molar-refractivity contribution is 0.679. The Morgan fingerprint density at radius 1 is 1.22 bits per heavy atom. The van der Waals surface area contributed by atoms with Crippen molar-refractivity contribution in [2.24, 2.45) is 5.73 Å². The van der Waals surface area contributed by atoms with Crippen LogP contribution in [-0.2, 0) is 6.42 Å².